The van der Waals surface area contributed by atoms with Crippen molar-refractivity contribution in [3.05, 3.63) is 65.4 Å². The van der Waals surface area contributed by atoms with Gasteiger partial charge in [0.2, 0.25) is 5.96 Å². The van der Waals surface area contributed by atoms with Crippen molar-refractivity contribution in [2.24, 2.45) is 15.0 Å². The van der Waals surface area contributed by atoms with Crippen LogP contribution in [0.2, 0.25) is 0 Å². The predicted octanol–water partition coefficient (Wildman–Crippen LogP) is 5.71. The Morgan fingerprint density at radius 3 is 2.71 bits per heavy atom. The number of hydrogen-bond acceptors (Lipinski definition) is 3. The van der Waals surface area contributed by atoms with Gasteiger partial charge in [-0.25, -0.2) is 15.0 Å². The van der Waals surface area contributed by atoms with Crippen LogP contribution in [0.4, 0.5) is 24.5 Å². The molecule has 31 heavy (non-hydrogen) atoms. The van der Waals surface area contributed by atoms with E-state index in [1.807, 2.05) is 31.3 Å². The first kappa shape index (κ1) is 20.8. The van der Waals surface area contributed by atoms with Gasteiger partial charge >= 0.3 is 6.18 Å². The van der Waals surface area contributed by atoms with Crippen LogP contribution in [0.3, 0.4) is 0 Å². The molecule has 1 saturated carbocycles. The molecule has 0 atom stereocenters. The molecule has 0 aromatic heterocycles. The Hall–Kier alpha value is -3.42. The zero-order valence-corrected chi connectivity index (χ0v) is 17.0. The van der Waals surface area contributed by atoms with Gasteiger partial charge in [0.15, 0.2) is 0 Å². The highest BCUT2D eigenvalue weighted by atomic mass is 19.4. The van der Waals surface area contributed by atoms with Crippen LogP contribution in [0.15, 0.2) is 63.6 Å². The number of aryl methyl sites for hydroxylation is 1. The van der Waals surface area contributed by atoms with E-state index >= 15 is 0 Å². The Labute approximate surface area is 178 Å². The van der Waals surface area contributed by atoms with Crippen LogP contribution < -0.4 is 10.6 Å². The first-order chi connectivity index (χ1) is 14.8. The van der Waals surface area contributed by atoms with Crippen LogP contribution >= 0.6 is 0 Å². The average Bonchev–Trinajstić information content (AvgIpc) is 3.54. The fraction of sp³-hybridized carbons (Fsp3) is 0.261. The number of halogens is 3. The number of rotatable bonds is 3. The lowest BCUT2D eigenvalue weighted by molar-refractivity contribution is -0.137. The fourth-order valence-electron chi connectivity index (χ4n) is 3.26. The second-order valence-electron chi connectivity index (χ2n) is 7.62. The quantitative estimate of drug-likeness (QED) is 0.489. The van der Waals surface area contributed by atoms with Crippen LogP contribution in [0.1, 0.15) is 36.0 Å². The number of nitrogens with one attached hydrogen (secondary N) is 2. The maximum atomic E-state index is 13.1. The molecule has 160 valence electrons. The monoisotopic (exact) mass is 425 g/mol. The number of benzene rings is 2. The standard InChI is InChI=1S/C23H22F3N5/c1-14-6-9-19-15(13-28-22(27-2)30-17-7-8-17)11-21(31-20(19)10-14)29-18-5-3-4-16(12-18)23(24,25)26/h3-6,9-10,12-13,17H,2,7-8,11H2,1H3,(H,28,30)(H,29,31)/b15-13+. The summed E-state index contributed by atoms with van der Waals surface area (Å²) >= 11 is 0. The van der Waals surface area contributed by atoms with E-state index in [2.05, 4.69) is 32.3 Å². The van der Waals surface area contributed by atoms with Gasteiger partial charge in [-0.2, -0.15) is 13.2 Å². The van der Waals surface area contributed by atoms with E-state index in [-0.39, 0.29) is 0 Å². The second kappa shape index (κ2) is 8.37. The highest BCUT2D eigenvalue weighted by Crippen LogP contribution is 2.35. The summed E-state index contributed by atoms with van der Waals surface area (Å²) in [6.07, 6.45) is -0.0757. The van der Waals surface area contributed by atoms with E-state index in [0.29, 0.717) is 29.9 Å². The second-order valence-corrected chi connectivity index (χ2v) is 7.62. The Morgan fingerprint density at radius 1 is 1.19 bits per heavy atom. The van der Waals surface area contributed by atoms with Crippen LogP contribution in [-0.4, -0.2) is 24.6 Å². The largest absolute Gasteiger partial charge is 0.416 e. The van der Waals surface area contributed by atoms with Gasteiger partial charge in [0, 0.05) is 23.9 Å². The molecule has 2 aromatic carbocycles. The van der Waals surface area contributed by atoms with Crippen LogP contribution in [-0.2, 0) is 6.18 Å². The van der Waals surface area contributed by atoms with Crippen molar-refractivity contribution in [1.82, 2.24) is 5.32 Å². The van der Waals surface area contributed by atoms with E-state index in [4.69, 9.17) is 0 Å². The molecule has 0 radical (unpaired) electrons. The molecule has 1 aliphatic carbocycles. The lowest BCUT2D eigenvalue weighted by Crippen LogP contribution is -2.20. The third-order valence-corrected chi connectivity index (χ3v) is 4.97. The molecule has 0 unspecified atom stereocenters. The number of amidine groups is 1. The molecule has 0 bridgehead atoms. The van der Waals surface area contributed by atoms with Crippen LogP contribution in [0.25, 0.3) is 5.57 Å². The molecule has 4 rings (SSSR count). The molecule has 0 spiro atoms. The number of hydrogen-bond donors (Lipinski definition) is 2. The topological polar surface area (TPSA) is 61.1 Å². The summed E-state index contributed by atoms with van der Waals surface area (Å²) in [6, 6.07) is 11.3. The average molecular weight is 425 g/mol. The van der Waals surface area contributed by atoms with Crippen molar-refractivity contribution in [2.75, 3.05) is 5.32 Å². The molecule has 1 heterocycles. The van der Waals surface area contributed by atoms with E-state index in [1.54, 1.807) is 6.07 Å². The SMILES string of the molecule is C=NC(=NC1CC1)N/C=C1\CC(Nc2cccc(C(F)(F)F)c2)=Nc2cc(C)ccc21. The lowest BCUT2D eigenvalue weighted by Gasteiger charge is -2.21. The molecule has 1 aliphatic heterocycles. The predicted molar refractivity (Wildman–Crippen MR) is 119 cm³/mol. The van der Waals surface area contributed by atoms with Crippen LogP contribution in [0, 0.1) is 6.92 Å². The van der Waals surface area contributed by atoms with Gasteiger partial charge in [0.25, 0.3) is 0 Å². The first-order valence-electron chi connectivity index (χ1n) is 9.95. The van der Waals surface area contributed by atoms with E-state index < -0.39 is 11.7 Å². The fourth-order valence-corrected chi connectivity index (χ4v) is 3.26. The summed E-state index contributed by atoms with van der Waals surface area (Å²) in [4.78, 5) is 13.0. The smallest absolute Gasteiger partial charge is 0.343 e. The molecule has 2 N–H and O–H groups in total. The third kappa shape index (κ3) is 5.20. The molecule has 1 fully saturated rings. The van der Waals surface area contributed by atoms with Gasteiger partial charge in [-0.1, -0.05) is 18.2 Å². The number of nitrogens with zero attached hydrogens (tertiary/aromatic N) is 3. The Morgan fingerprint density at radius 2 is 2.00 bits per heavy atom. The van der Waals surface area contributed by atoms with Gasteiger partial charge in [-0.15, -0.1) is 0 Å². The minimum Gasteiger partial charge on any atom is -0.343 e. The van der Waals surface area contributed by atoms with Crippen molar-refractivity contribution in [2.45, 2.75) is 38.4 Å². The molecule has 5 nitrogen and oxygen atoms in total. The highest BCUT2D eigenvalue weighted by Gasteiger charge is 2.30. The normalized spacial score (nSPS) is 17.7. The van der Waals surface area contributed by atoms with Gasteiger partial charge in [0.05, 0.1) is 17.3 Å². The number of anilines is 1. The summed E-state index contributed by atoms with van der Waals surface area (Å²) in [5.74, 6) is 1.01. The number of fused-ring (bicyclic) bond motifs is 1. The van der Waals surface area contributed by atoms with Crippen molar-refractivity contribution >= 4 is 35.5 Å². The van der Waals surface area contributed by atoms with Gasteiger partial charge in [0.1, 0.15) is 5.84 Å². The summed E-state index contributed by atoms with van der Waals surface area (Å²) in [5, 5.41) is 6.15. The third-order valence-electron chi connectivity index (χ3n) is 4.97. The molecule has 0 amide bonds. The van der Waals surface area contributed by atoms with Crippen molar-refractivity contribution in [1.29, 1.82) is 0 Å². The minimum absolute atomic E-state index is 0.299. The maximum absolute atomic E-state index is 13.1. The molecule has 2 aliphatic rings. The van der Waals surface area contributed by atoms with Crippen molar-refractivity contribution < 1.29 is 13.2 Å². The summed E-state index contributed by atoms with van der Waals surface area (Å²) in [7, 11) is 0. The number of aliphatic imine (C=N–C) groups is 3. The molecular formula is C23H22F3N5. The number of guanidine groups is 1. The lowest BCUT2D eigenvalue weighted by atomic mass is 9.97. The molecule has 2 aromatic rings. The zero-order chi connectivity index (χ0) is 22.0. The number of alkyl halides is 3. The van der Waals surface area contributed by atoms with Gasteiger partial charge in [-0.3, -0.25) is 0 Å². The Bertz CT molecular complexity index is 1090. The minimum atomic E-state index is -4.40. The van der Waals surface area contributed by atoms with Crippen LogP contribution in [0.5, 0.6) is 0 Å². The summed E-state index contributed by atoms with van der Waals surface area (Å²) < 4.78 is 39.2. The first-order valence-corrected chi connectivity index (χ1v) is 9.95. The molecule has 0 saturated heterocycles. The summed E-state index contributed by atoms with van der Waals surface area (Å²) in [5.41, 5.74) is 3.29. The van der Waals surface area contributed by atoms with E-state index in [9.17, 15) is 13.2 Å². The Kier molecular flexibility index (Phi) is 5.63. The zero-order valence-electron chi connectivity index (χ0n) is 17.0. The van der Waals surface area contributed by atoms with Gasteiger partial charge in [-0.05, 0) is 61.9 Å². The van der Waals surface area contributed by atoms with E-state index in [1.165, 1.54) is 6.07 Å². The van der Waals surface area contributed by atoms with Crippen molar-refractivity contribution in [3.8, 4) is 0 Å². The maximum Gasteiger partial charge on any atom is 0.416 e. The molecule has 8 heteroatoms. The molecular weight excluding hydrogens is 403 g/mol. The Balaban J connectivity index is 1.62. The highest BCUT2D eigenvalue weighted by molar-refractivity contribution is 6.07. The van der Waals surface area contributed by atoms with Crippen molar-refractivity contribution in [3.63, 3.8) is 0 Å². The van der Waals surface area contributed by atoms with E-state index in [0.717, 1.165) is 47.4 Å². The summed E-state index contributed by atoms with van der Waals surface area (Å²) in [6.45, 7) is 5.53. The van der Waals surface area contributed by atoms with Gasteiger partial charge < -0.3 is 10.6 Å².